The largest absolute Gasteiger partial charge is 0.492 e. The average molecular weight is 362 g/mol. The van der Waals surface area contributed by atoms with E-state index in [2.05, 4.69) is 14.9 Å². The molecule has 1 unspecified atom stereocenters. The first-order valence-corrected chi connectivity index (χ1v) is 8.36. The Bertz CT molecular complexity index is 855. The molecule has 1 aliphatic rings. The molecular weight excluding hydrogens is 345 g/mol. The van der Waals surface area contributed by atoms with E-state index in [9.17, 15) is 4.39 Å². The molecule has 2 aromatic heterocycles. The number of imidazole rings is 1. The van der Waals surface area contributed by atoms with Crippen LogP contribution in [-0.2, 0) is 13.0 Å². The van der Waals surface area contributed by atoms with E-state index in [1.165, 1.54) is 13.2 Å². The number of fused-ring (bicyclic) bond motifs is 1. The van der Waals surface area contributed by atoms with Crippen molar-refractivity contribution in [3.05, 3.63) is 70.4 Å². The number of rotatable bonds is 4. The minimum atomic E-state index is -0.481. The highest BCUT2D eigenvalue weighted by Gasteiger charge is 2.32. The summed E-state index contributed by atoms with van der Waals surface area (Å²) < 4.78 is 24.9. The summed E-state index contributed by atoms with van der Waals surface area (Å²) in [6.45, 7) is 1.40. The molecule has 0 amide bonds. The van der Waals surface area contributed by atoms with Gasteiger partial charge in [-0.25, -0.2) is 9.37 Å². The first kappa shape index (κ1) is 16.2. The molecule has 0 bridgehead atoms. The lowest BCUT2D eigenvalue weighted by Gasteiger charge is -2.34. The maximum atomic E-state index is 14.4. The normalized spacial score (nSPS) is 17.5. The van der Waals surface area contributed by atoms with Gasteiger partial charge in [0.05, 0.1) is 43.0 Å². The fraction of sp³-hybridized carbons (Fsp3) is 0.278. The van der Waals surface area contributed by atoms with Gasteiger partial charge < -0.3 is 14.1 Å². The Balaban J connectivity index is 1.77. The SMILES string of the molecule is COc1c(F)cc(C2c3nc[nH]c3CCN2Cc2ccco2)cc1Cl. The van der Waals surface area contributed by atoms with Crippen molar-refractivity contribution in [2.75, 3.05) is 13.7 Å². The number of H-pyrrole nitrogens is 1. The number of nitrogens with zero attached hydrogens (tertiary/aromatic N) is 2. The summed E-state index contributed by atoms with van der Waals surface area (Å²) in [5.41, 5.74) is 2.69. The van der Waals surface area contributed by atoms with Gasteiger partial charge in [-0.15, -0.1) is 0 Å². The first-order chi connectivity index (χ1) is 12.2. The number of aromatic amines is 1. The van der Waals surface area contributed by atoms with E-state index in [4.69, 9.17) is 20.8 Å². The Hall–Kier alpha value is -2.31. The third-order valence-corrected chi connectivity index (χ3v) is 4.79. The molecule has 4 rings (SSSR count). The smallest absolute Gasteiger partial charge is 0.173 e. The van der Waals surface area contributed by atoms with Gasteiger partial charge in [0.25, 0.3) is 0 Å². The number of halogens is 2. The minimum absolute atomic E-state index is 0.0565. The second kappa shape index (κ2) is 6.54. The lowest BCUT2D eigenvalue weighted by molar-refractivity contribution is 0.185. The molecule has 0 fully saturated rings. The zero-order valence-electron chi connectivity index (χ0n) is 13.6. The highest BCUT2D eigenvalue weighted by Crippen LogP contribution is 2.38. The van der Waals surface area contributed by atoms with Crippen LogP contribution in [0.3, 0.4) is 0 Å². The molecule has 3 heterocycles. The van der Waals surface area contributed by atoms with E-state index in [0.29, 0.717) is 6.54 Å². The van der Waals surface area contributed by atoms with Crippen LogP contribution in [0.25, 0.3) is 0 Å². The third-order valence-electron chi connectivity index (χ3n) is 4.50. The molecule has 7 heteroatoms. The summed E-state index contributed by atoms with van der Waals surface area (Å²) in [6, 6.07) is 6.79. The molecule has 1 atom stereocenters. The van der Waals surface area contributed by atoms with Gasteiger partial charge in [-0.05, 0) is 29.8 Å². The molecule has 0 aliphatic carbocycles. The predicted octanol–water partition coefficient (Wildman–Crippen LogP) is 3.95. The summed E-state index contributed by atoms with van der Waals surface area (Å²) >= 11 is 6.22. The molecule has 0 saturated carbocycles. The van der Waals surface area contributed by atoms with E-state index in [0.717, 1.165) is 35.7 Å². The van der Waals surface area contributed by atoms with Crippen molar-refractivity contribution in [1.29, 1.82) is 0 Å². The van der Waals surface area contributed by atoms with Crippen LogP contribution in [0.5, 0.6) is 5.75 Å². The Labute approximate surface area is 149 Å². The average Bonchev–Trinajstić information content (AvgIpc) is 3.25. The summed E-state index contributed by atoms with van der Waals surface area (Å²) in [5, 5.41) is 0.248. The van der Waals surface area contributed by atoms with Gasteiger partial charge in [-0.3, -0.25) is 4.90 Å². The van der Waals surface area contributed by atoms with Crippen molar-refractivity contribution in [1.82, 2.24) is 14.9 Å². The summed E-state index contributed by atoms with van der Waals surface area (Å²) in [6.07, 6.45) is 4.17. The van der Waals surface area contributed by atoms with E-state index < -0.39 is 5.82 Å². The van der Waals surface area contributed by atoms with Crippen LogP contribution >= 0.6 is 11.6 Å². The highest BCUT2D eigenvalue weighted by atomic mass is 35.5. The van der Waals surface area contributed by atoms with Gasteiger partial charge in [-0.1, -0.05) is 11.6 Å². The lowest BCUT2D eigenvalue weighted by Crippen LogP contribution is -2.35. The molecule has 0 radical (unpaired) electrons. The standard InChI is InChI=1S/C18H17ClFN3O2/c1-24-18-13(19)7-11(8-14(18)20)17-16-15(21-10-22-16)4-5-23(17)9-12-3-2-6-25-12/h2-3,6-8,10,17H,4-5,9H2,1H3,(H,21,22). The molecule has 5 nitrogen and oxygen atoms in total. The number of hydrogen-bond acceptors (Lipinski definition) is 4. The highest BCUT2D eigenvalue weighted by molar-refractivity contribution is 6.32. The van der Waals surface area contributed by atoms with Gasteiger partial charge in [0, 0.05) is 18.7 Å². The third kappa shape index (κ3) is 2.92. The number of aromatic nitrogens is 2. The van der Waals surface area contributed by atoms with E-state index in [1.54, 1.807) is 18.7 Å². The molecule has 3 aromatic rings. The Kier molecular flexibility index (Phi) is 4.23. The number of nitrogens with one attached hydrogen (secondary N) is 1. The molecule has 1 N–H and O–H groups in total. The number of furan rings is 1. The number of ether oxygens (including phenoxy) is 1. The predicted molar refractivity (Wildman–Crippen MR) is 91.2 cm³/mol. The molecule has 1 aromatic carbocycles. The van der Waals surface area contributed by atoms with E-state index >= 15 is 0 Å². The molecule has 0 spiro atoms. The molecule has 0 saturated heterocycles. The quantitative estimate of drug-likeness (QED) is 0.764. The van der Waals surface area contributed by atoms with Crippen LogP contribution in [0.15, 0.2) is 41.3 Å². The Morgan fingerprint density at radius 1 is 1.48 bits per heavy atom. The first-order valence-electron chi connectivity index (χ1n) is 7.99. The lowest BCUT2D eigenvalue weighted by atomic mass is 9.95. The Morgan fingerprint density at radius 3 is 3.08 bits per heavy atom. The zero-order valence-corrected chi connectivity index (χ0v) is 14.4. The van der Waals surface area contributed by atoms with Crippen molar-refractivity contribution in [3.63, 3.8) is 0 Å². The minimum Gasteiger partial charge on any atom is -0.492 e. The van der Waals surface area contributed by atoms with E-state index in [1.807, 2.05) is 12.1 Å². The van der Waals surface area contributed by atoms with Crippen LogP contribution in [-0.4, -0.2) is 28.5 Å². The number of hydrogen-bond donors (Lipinski definition) is 1. The van der Waals surface area contributed by atoms with Gasteiger partial charge >= 0.3 is 0 Å². The van der Waals surface area contributed by atoms with Gasteiger partial charge in [0.2, 0.25) is 0 Å². The molecular formula is C18H17ClFN3O2. The van der Waals surface area contributed by atoms with Crippen molar-refractivity contribution < 1.29 is 13.5 Å². The molecule has 25 heavy (non-hydrogen) atoms. The van der Waals surface area contributed by atoms with Gasteiger partial charge in [0.15, 0.2) is 11.6 Å². The van der Waals surface area contributed by atoms with Crippen LogP contribution in [0.1, 0.15) is 28.8 Å². The molecule has 130 valence electrons. The van der Waals surface area contributed by atoms with Gasteiger partial charge in [-0.2, -0.15) is 0 Å². The number of benzene rings is 1. The van der Waals surface area contributed by atoms with Crippen molar-refractivity contribution >= 4 is 11.6 Å². The second-order valence-electron chi connectivity index (χ2n) is 5.99. The topological polar surface area (TPSA) is 54.3 Å². The van der Waals surface area contributed by atoms with Crippen LogP contribution in [0.2, 0.25) is 5.02 Å². The fourth-order valence-electron chi connectivity index (χ4n) is 3.40. The maximum absolute atomic E-state index is 14.4. The van der Waals surface area contributed by atoms with Crippen LogP contribution in [0, 0.1) is 5.82 Å². The number of methoxy groups -OCH3 is 1. The second-order valence-corrected chi connectivity index (χ2v) is 6.39. The summed E-state index contributed by atoms with van der Waals surface area (Å²) in [4.78, 5) is 9.86. The monoisotopic (exact) mass is 361 g/mol. The van der Waals surface area contributed by atoms with Crippen molar-refractivity contribution in [2.45, 2.75) is 19.0 Å². The van der Waals surface area contributed by atoms with Crippen molar-refractivity contribution in [2.24, 2.45) is 0 Å². The summed E-state index contributed by atoms with van der Waals surface area (Å²) in [5.74, 6) is 0.427. The zero-order chi connectivity index (χ0) is 17.4. The Morgan fingerprint density at radius 2 is 2.36 bits per heavy atom. The van der Waals surface area contributed by atoms with Crippen molar-refractivity contribution in [3.8, 4) is 5.75 Å². The molecule has 1 aliphatic heterocycles. The van der Waals surface area contributed by atoms with Crippen LogP contribution in [0.4, 0.5) is 4.39 Å². The van der Waals surface area contributed by atoms with E-state index in [-0.39, 0.29) is 16.8 Å². The maximum Gasteiger partial charge on any atom is 0.173 e. The fourth-order valence-corrected chi connectivity index (χ4v) is 3.69. The summed E-state index contributed by atoms with van der Waals surface area (Å²) in [7, 11) is 1.40. The van der Waals surface area contributed by atoms with Crippen LogP contribution < -0.4 is 4.74 Å². The van der Waals surface area contributed by atoms with Gasteiger partial charge in [0.1, 0.15) is 5.76 Å².